The molecule has 1 unspecified atom stereocenters. The summed E-state index contributed by atoms with van der Waals surface area (Å²) in [5, 5.41) is 0.402. The van der Waals surface area contributed by atoms with E-state index in [4.69, 9.17) is 21.1 Å². The van der Waals surface area contributed by atoms with Crippen LogP contribution in [0, 0.1) is 6.92 Å². The summed E-state index contributed by atoms with van der Waals surface area (Å²) in [6, 6.07) is 14.1. The quantitative estimate of drug-likeness (QED) is 0.774. The van der Waals surface area contributed by atoms with Crippen molar-refractivity contribution in [3.05, 3.63) is 59.1 Å². The number of amides is 2. The number of carbonyl (C=O) groups is 2. The second kappa shape index (κ2) is 8.94. The van der Waals surface area contributed by atoms with Crippen molar-refractivity contribution in [3.8, 4) is 11.5 Å². The van der Waals surface area contributed by atoms with Gasteiger partial charge in [-0.15, -0.1) is 0 Å². The van der Waals surface area contributed by atoms with Gasteiger partial charge < -0.3 is 9.47 Å². The van der Waals surface area contributed by atoms with Gasteiger partial charge in [-0.3, -0.25) is 20.4 Å². The molecule has 6 nitrogen and oxygen atoms in total. The van der Waals surface area contributed by atoms with E-state index in [0.29, 0.717) is 16.5 Å². The predicted molar refractivity (Wildman–Crippen MR) is 94.5 cm³/mol. The molecule has 2 aromatic carbocycles. The Morgan fingerprint density at radius 2 is 1.88 bits per heavy atom. The Hall–Kier alpha value is -2.73. The van der Waals surface area contributed by atoms with Crippen LogP contribution >= 0.6 is 11.6 Å². The number of aryl methyl sites for hydroxylation is 1. The Bertz CT molecular complexity index is 751. The molecule has 0 bridgehead atoms. The van der Waals surface area contributed by atoms with E-state index >= 15 is 0 Å². The van der Waals surface area contributed by atoms with Crippen molar-refractivity contribution in [2.75, 3.05) is 6.61 Å². The van der Waals surface area contributed by atoms with Crippen LogP contribution in [-0.4, -0.2) is 24.5 Å². The average molecular weight is 363 g/mol. The fourth-order valence-corrected chi connectivity index (χ4v) is 2.11. The van der Waals surface area contributed by atoms with Gasteiger partial charge in [0.1, 0.15) is 11.5 Å². The number of para-hydroxylation sites is 1. The third-order valence-corrected chi connectivity index (χ3v) is 3.50. The maximum Gasteiger partial charge on any atom is 0.279 e. The van der Waals surface area contributed by atoms with Crippen molar-refractivity contribution in [2.45, 2.75) is 20.0 Å². The minimum atomic E-state index is -0.772. The van der Waals surface area contributed by atoms with Crippen LogP contribution in [-0.2, 0) is 9.59 Å². The maximum absolute atomic E-state index is 12.0. The van der Waals surface area contributed by atoms with Gasteiger partial charge in [0.15, 0.2) is 12.7 Å². The van der Waals surface area contributed by atoms with Gasteiger partial charge in [-0.1, -0.05) is 35.9 Å². The molecule has 0 fully saturated rings. The lowest BCUT2D eigenvalue weighted by atomic mass is 10.2. The Morgan fingerprint density at radius 3 is 2.60 bits per heavy atom. The Balaban J connectivity index is 1.75. The van der Waals surface area contributed by atoms with Crippen LogP contribution < -0.4 is 20.3 Å². The second-order valence-corrected chi connectivity index (χ2v) is 5.74. The summed E-state index contributed by atoms with van der Waals surface area (Å²) in [5.74, 6) is -0.0264. The van der Waals surface area contributed by atoms with Gasteiger partial charge in [0, 0.05) is 0 Å². The molecule has 0 aliphatic rings. The van der Waals surface area contributed by atoms with E-state index in [9.17, 15) is 9.59 Å². The summed E-state index contributed by atoms with van der Waals surface area (Å²) < 4.78 is 10.8. The molecule has 2 rings (SSSR count). The van der Waals surface area contributed by atoms with Gasteiger partial charge in [-0.05, 0) is 43.7 Å². The maximum atomic E-state index is 12.0. The fraction of sp³-hybridized carbons (Fsp3) is 0.222. The second-order valence-electron chi connectivity index (χ2n) is 5.33. The number of nitrogens with one attached hydrogen (secondary N) is 2. The molecule has 0 aromatic heterocycles. The van der Waals surface area contributed by atoms with E-state index in [-0.39, 0.29) is 6.61 Å². The van der Waals surface area contributed by atoms with E-state index in [0.717, 1.165) is 5.56 Å². The van der Waals surface area contributed by atoms with E-state index in [1.54, 1.807) is 37.3 Å². The van der Waals surface area contributed by atoms with Crippen molar-refractivity contribution in [3.63, 3.8) is 0 Å². The van der Waals surface area contributed by atoms with E-state index < -0.39 is 17.9 Å². The molecule has 2 amide bonds. The summed E-state index contributed by atoms with van der Waals surface area (Å²) in [6.07, 6.45) is -0.772. The van der Waals surface area contributed by atoms with E-state index in [1.807, 2.05) is 25.1 Å². The topological polar surface area (TPSA) is 76.7 Å². The molecule has 0 radical (unpaired) electrons. The van der Waals surface area contributed by atoms with E-state index in [2.05, 4.69) is 10.9 Å². The number of halogens is 1. The smallest absolute Gasteiger partial charge is 0.279 e. The number of benzene rings is 2. The lowest BCUT2D eigenvalue weighted by Crippen LogP contribution is -2.48. The molecule has 0 heterocycles. The van der Waals surface area contributed by atoms with Gasteiger partial charge >= 0.3 is 0 Å². The number of hydrazine groups is 1. The zero-order chi connectivity index (χ0) is 18.2. The first-order chi connectivity index (χ1) is 12.0. The average Bonchev–Trinajstić information content (AvgIpc) is 2.59. The molecule has 0 aliphatic heterocycles. The van der Waals surface area contributed by atoms with Crippen LogP contribution in [0.3, 0.4) is 0 Å². The van der Waals surface area contributed by atoms with Gasteiger partial charge in [0.2, 0.25) is 0 Å². The normalized spacial score (nSPS) is 11.3. The molecule has 25 heavy (non-hydrogen) atoms. The first kappa shape index (κ1) is 18.6. The lowest BCUT2D eigenvalue weighted by molar-refractivity contribution is -0.133. The third kappa shape index (κ3) is 6.00. The number of hydrogen-bond acceptors (Lipinski definition) is 4. The molecule has 2 N–H and O–H groups in total. The minimum Gasteiger partial charge on any atom is -0.482 e. The van der Waals surface area contributed by atoms with E-state index in [1.165, 1.54) is 0 Å². The summed E-state index contributed by atoms with van der Waals surface area (Å²) in [4.78, 5) is 23.7. The highest BCUT2D eigenvalue weighted by atomic mass is 35.5. The van der Waals surface area contributed by atoms with Gasteiger partial charge in [0.25, 0.3) is 11.8 Å². The molecule has 0 saturated heterocycles. The van der Waals surface area contributed by atoms with Crippen LogP contribution in [0.25, 0.3) is 0 Å². The third-order valence-electron chi connectivity index (χ3n) is 3.19. The van der Waals surface area contributed by atoms with Gasteiger partial charge in [-0.25, -0.2) is 0 Å². The van der Waals surface area contributed by atoms with Crippen LogP contribution in [0.5, 0.6) is 11.5 Å². The highest BCUT2D eigenvalue weighted by Gasteiger charge is 2.15. The Morgan fingerprint density at radius 1 is 1.12 bits per heavy atom. The molecule has 7 heteroatoms. The predicted octanol–water partition coefficient (Wildman–Crippen LogP) is 2.64. The van der Waals surface area contributed by atoms with Crippen LogP contribution in [0.2, 0.25) is 5.02 Å². The molecular formula is C18H19ClN2O4. The van der Waals surface area contributed by atoms with Crippen LogP contribution in [0.1, 0.15) is 12.5 Å². The molecule has 0 spiro atoms. The van der Waals surface area contributed by atoms with Crippen molar-refractivity contribution >= 4 is 23.4 Å². The lowest BCUT2D eigenvalue weighted by Gasteiger charge is -2.15. The van der Waals surface area contributed by atoms with Crippen molar-refractivity contribution in [1.29, 1.82) is 0 Å². The molecular weight excluding hydrogens is 344 g/mol. The van der Waals surface area contributed by atoms with Crippen molar-refractivity contribution in [2.24, 2.45) is 0 Å². The molecule has 0 saturated carbocycles. The largest absolute Gasteiger partial charge is 0.482 e. The number of ether oxygens (including phenoxy) is 2. The zero-order valence-corrected chi connectivity index (χ0v) is 14.7. The van der Waals surface area contributed by atoms with Crippen LogP contribution in [0.4, 0.5) is 0 Å². The molecule has 132 valence electrons. The SMILES string of the molecule is Cc1cccc(OC(C)C(=O)NNC(=O)COc2ccccc2Cl)c1. The monoisotopic (exact) mass is 362 g/mol. The van der Waals surface area contributed by atoms with Crippen molar-refractivity contribution in [1.82, 2.24) is 10.9 Å². The standard InChI is InChI=1S/C18H19ClN2O4/c1-12-6-5-7-14(10-12)25-13(2)18(23)21-20-17(22)11-24-16-9-4-3-8-15(16)19/h3-10,13H,11H2,1-2H3,(H,20,22)(H,21,23). The number of hydrogen-bond donors (Lipinski definition) is 2. The minimum absolute atomic E-state index is 0.281. The Kier molecular flexibility index (Phi) is 6.65. The first-order valence-electron chi connectivity index (χ1n) is 7.65. The fourth-order valence-electron chi connectivity index (χ4n) is 1.92. The molecule has 2 aromatic rings. The Labute approximate surface area is 151 Å². The van der Waals surface area contributed by atoms with Crippen molar-refractivity contribution < 1.29 is 19.1 Å². The summed E-state index contributed by atoms with van der Waals surface area (Å²) in [6.45, 7) is 3.23. The highest BCUT2D eigenvalue weighted by molar-refractivity contribution is 6.32. The number of carbonyl (C=O) groups excluding carboxylic acids is 2. The molecule has 1 atom stereocenters. The van der Waals surface area contributed by atoms with Crippen LogP contribution in [0.15, 0.2) is 48.5 Å². The number of rotatable bonds is 6. The summed E-state index contributed by atoms with van der Waals surface area (Å²) in [7, 11) is 0. The first-order valence-corrected chi connectivity index (χ1v) is 8.03. The van der Waals surface area contributed by atoms with Gasteiger partial charge in [-0.2, -0.15) is 0 Å². The highest BCUT2D eigenvalue weighted by Crippen LogP contribution is 2.22. The summed E-state index contributed by atoms with van der Waals surface area (Å²) in [5.41, 5.74) is 5.58. The zero-order valence-electron chi connectivity index (χ0n) is 13.9. The summed E-state index contributed by atoms with van der Waals surface area (Å²) >= 11 is 5.92. The van der Waals surface area contributed by atoms with Gasteiger partial charge in [0.05, 0.1) is 5.02 Å². The molecule has 0 aliphatic carbocycles.